The van der Waals surface area contributed by atoms with Gasteiger partial charge in [0.1, 0.15) is 17.1 Å². The highest BCUT2D eigenvalue weighted by atomic mass is 16.5. The minimum absolute atomic E-state index is 0.265. The number of aromatic amines is 1. The Morgan fingerprint density at radius 3 is 2.78 bits per heavy atom. The molecule has 4 rings (SSSR count). The van der Waals surface area contributed by atoms with Gasteiger partial charge in [0.15, 0.2) is 0 Å². The molecule has 0 saturated heterocycles. The van der Waals surface area contributed by atoms with Crippen LogP contribution in [0.3, 0.4) is 0 Å². The second-order valence-corrected chi connectivity index (χ2v) is 7.96. The van der Waals surface area contributed by atoms with Gasteiger partial charge in [-0.2, -0.15) is 0 Å². The molecule has 0 aliphatic carbocycles. The summed E-state index contributed by atoms with van der Waals surface area (Å²) < 4.78 is 11.9. The van der Waals surface area contributed by atoms with Crippen molar-refractivity contribution in [1.82, 2.24) is 4.98 Å². The molecule has 0 bridgehead atoms. The lowest BCUT2D eigenvalue weighted by molar-refractivity contribution is 0.129. The summed E-state index contributed by atoms with van der Waals surface area (Å²) in [5.41, 5.74) is 5.56. The molecule has 1 aliphatic rings. The van der Waals surface area contributed by atoms with Crippen LogP contribution in [-0.2, 0) is 0 Å². The van der Waals surface area contributed by atoms with Crippen molar-refractivity contribution in [3.63, 3.8) is 0 Å². The van der Waals surface area contributed by atoms with Gasteiger partial charge < -0.3 is 14.5 Å². The number of rotatable bonds is 4. The Labute approximate surface area is 160 Å². The number of benzene rings is 2. The average molecular weight is 361 g/mol. The van der Waals surface area contributed by atoms with Crippen LogP contribution in [-0.4, -0.2) is 17.7 Å². The third kappa shape index (κ3) is 3.12. The van der Waals surface area contributed by atoms with E-state index in [0.717, 1.165) is 46.5 Å². The summed E-state index contributed by atoms with van der Waals surface area (Å²) in [5, 5.41) is 2.44. The molecule has 0 spiro atoms. The van der Waals surface area contributed by atoms with Crippen LogP contribution in [0.15, 0.2) is 42.0 Å². The summed E-state index contributed by atoms with van der Waals surface area (Å²) in [5.74, 6) is 1.85. The molecule has 2 heterocycles. The fourth-order valence-electron chi connectivity index (χ4n) is 3.91. The monoisotopic (exact) mass is 361 g/mol. The van der Waals surface area contributed by atoms with Crippen molar-refractivity contribution < 1.29 is 9.47 Å². The van der Waals surface area contributed by atoms with Crippen LogP contribution in [0.4, 0.5) is 0 Å². The topological polar surface area (TPSA) is 34.2 Å². The molecule has 0 fully saturated rings. The zero-order valence-corrected chi connectivity index (χ0v) is 16.8. The van der Waals surface area contributed by atoms with Crippen molar-refractivity contribution in [3.05, 3.63) is 53.1 Å². The van der Waals surface area contributed by atoms with Gasteiger partial charge in [-0.05, 0) is 76.5 Å². The summed E-state index contributed by atoms with van der Waals surface area (Å²) in [6.07, 6.45) is 8.67. The molecule has 1 N–H and O–H groups in total. The number of fused-ring (bicyclic) bond motifs is 5. The van der Waals surface area contributed by atoms with E-state index >= 15 is 0 Å². The number of ether oxygens (including phenoxy) is 2. The summed E-state index contributed by atoms with van der Waals surface area (Å²) in [7, 11) is 1.71. The molecular weight excluding hydrogens is 334 g/mol. The number of nitrogens with one attached hydrogen (secondary N) is 1. The molecule has 3 nitrogen and oxygen atoms in total. The summed E-state index contributed by atoms with van der Waals surface area (Å²) in [6, 6.07) is 8.53. The van der Waals surface area contributed by atoms with E-state index in [0.29, 0.717) is 0 Å². The molecule has 3 heteroatoms. The van der Waals surface area contributed by atoms with E-state index in [-0.39, 0.29) is 5.60 Å². The molecule has 1 unspecified atom stereocenters. The maximum atomic E-state index is 6.41. The lowest BCUT2D eigenvalue weighted by atomic mass is 9.94. The van der Waals surface area contributed by atoms with E-state index in [1.807, 2.05) is 0 Å². The zero-order valence-electron chi connectivity index (χ0n) is 16.8. The number of aryl methyl sites for hydroxylation is 1. The van der Waals surface area contributed by atoms with Crippen molar-refractivity contribution >= 4 is 27.9 Å². The molecule has 0 amide bonds. The van der Waals surface area contributed by atoms with E-state index in [1.54, 1.807) is 7.11 Å². The van der Waals surface area contributed by atoms with Gasteiger partial charge in [-0.3, -0.25) is 0 Å². The van der Waals surface area contributed by atoms with Gasteiger partial charge in [-0.25, -0.2) is 0 Å². The van der Waals surface area contributed by atoms with Crippen LogP contribution in [0.25, 0.3) is 27.9 Å². The number of aromatic nitrogens is 1. The first kappa shape index (κ1) is 17.7. The molecule has 1 aliphatic heterocycles. The Morgan fingerprint density at radius 1 is 1.22 bits per heavy atom. The van der Waals surface area contributed by atoms with E-state index in [9.17, 15) is 0 Å². The summed E-state index contributed by atoms with van der Waals surface area (Å²) in [4.78, 5) is 3.57. The summed E-state index contributed by atoms with van der Waals surface area (Å²) in [6.45, 7) is 8.52. The Balaban J connectivity index is 1.76. The van der Waals surface area contributed by atoms with Crippen LogP contribution in [0.1, 0.15) is 44.7 Å². The Hall–Kier alpha value is -2.68. The number of methoxy groups -OCH3 is 1. The lowest BCUT2D eigenvalue weighted by Gasteiger charge is -2.31. The van der Waals surface area contributed by atoms with Crippen molar-refractivity contribution in [2.75, 3.05) is 7.11 Å². The predicted molar refractivity (Wildman–Crippen MR) is 114 cm³/mol. The maximum Gasteiger partial charge on any atom is 0.129 e. The fraction of sp³-hybridized carbons (Fsp3) is 0.333. The molecule has 3 aromatic rings. The molecule has 27 heavy (non-hydrogen) atoms. The first-order valence-electron chi connectivity index (χ1n) is 9.55. The third-order valence-corrected chi connectivity index (χ3v) is 5.43. The van der Waals surface area contributed by atoms with Crippen molar-refractivity contribution in [3.8, 4) is 11.5 Å². The van der Waals surface area contributed by atoms with Crippen molar-refractivity contribution in [2.45, 2.75) is 46.1 Å². The molecular formula is C24H27NO2. The second-order valence-electron chi connectivity index (χ2n) is 7.96. The number of hydrogen-bond donors (Lipinski definition) is 1. The Bertz CT molecular complexity index is 1080. The summed E-state index contributed by atoms with van der Waals surface area (Å²) >= 11 is 0. The normalized spacial score (nSPS) is 18.4. The highest BCUT2D eigenvalue weighted by Gasteiger charge is 2.28. The van der Waals surface area contributed by atoms with Crippen LogP contribution in [0.5, 0.6) is 11.5 Å². The van der Waals surface area contributed by atoms with E-state index in [2.05, 4.69) is 75.2 Å². The van der Waals surface area contributed by atoms with Crippen molar-refractivity contribution in [1.29, 1.82) is 0 Å². The van der Waals surface area contributed by atoms with Gasteiger partial charge in [0, 0.05) is 22.4 Å². The SMILES string of the molecule is COc1cc2[nH]c3c4c(ccc3c2cc1C)OC(C)(CCC=C(C)C)C=C4. The van der Waals surface area contributed by atoms with Crippen molar-refractivity contribution in [2.24, 2.45) is 0 Å². The number of allylic oxidation sites excluding steroid dienone is 2. The van der Waals surface area contributed by atoms with Crippen LogP contribution >= 0.6 is 0 Å². The molecule has 140 valence electrons. The van der Waals surface area contributed by atoms with Crippen LogP contribution in [0, 0.1) is 6.92 Å². The largest absolute Gasteiger partial charge is 0.496 e. The predicted octanol–water partition coefficient (Wildman–Crippen LogP) is 6.55. The van der Waals surface area contributed by atoms with E-state index in [4.69, 9.17) is 9.47 Å². The average Bonchev–Trinajstić information content (AvgIpc) is 2.97. The first-order valence-corrected chi connectivity index (χ1v) is 9.55. The molecule has 1 aromatic heterocycles. The molecule has 1 atom stereocenters. The third-order valence-electron chi connectivity index (χ3n) is 5.43. The van der Waals surface area contributed by atoms with Gasteiger partial charge in [-0.15, -0.1) is 0 Å². The van der Waals surface area contributed by atoms with Gasteiger partial charge in [0.05, 0.1) is 18.1 Å². The fourth-order valence-corrected chi connectivity index (χ4v) is 3.91. The molecule has 0 radical (unpaired) electrons. The smallest absolute Gasteiger partial charge is 0.129 e. The Kier molecular flexibility index (Phi) is 4.26. The first-order chi connectivity index (χ1) is 12.9. The van der Waals surface area contributed by atoms with Crippen LogP contribution < -0.4 is 9.47 Å². The van der Waals surface area contributed by atoms with Gasteiger partial charge in [-0.1, -0.05) is 11.6 Å². The highest BCUT2D eigenvalue weighted by Crippen LogP contribution is 2.40. The second kappa shape index (κ2) is 6.49. The van der Waals surface area contributed by atoms with E-state index < -0.39 is 0 Å². The Morgan fingerprint density at radius 2 is 2.04 bits per heavy atom. The lowest BCUT2D eigenvalue weighted by Crippen LogP contribution is -2.31. The minimum atomic E-state index is -0.265. The van der Waals surface area contributed by atoms with Gasteiger partial charge >= 0.3 is 0 Å². The number of H-pyrrole nitrogens is 1. The molecule has 2 aromatic carbocycles. The molecule has 0 saturated carbocycles. The quantitative estimate of drug-likeness (QED) is 0.535. The van der Waals surface area contributed by atoms with E-state index in [1.165, 1.54) is 16.3 Å². The standard InChI is InChI=1S/C24H27NO2/c1-15(2)7-6-11-24(4)12-10-18-21(27-24)9-8-17-19-13-16(3)22(26-5)14-20(19)25-23(17)18/h7-10,12-14,25H,6,11H2,1-5H3. The number of hydrogen-bond acceptors (Lipinski definition) is 2. The van der Waals surface area contributed by atoms with Crippen LogP contribution in [0.2, 0.25) is 0 Å². The van der Waals surface area contributed by atoms with Gasteiger partial charge in [0.2, 0.25) is 0 Å². The zero-order chi connectivity index (χ0) is 19.2. The maximum absolute atomic E-state index is 6.41. The van der Waals surface area contributed by atoms with Gasteiger partial charge in [0.25, 0.3) is 0 Å². The minimum Gasteiger partial charge on any atom is -0.496 e. The highest BCUT2D eigenvalue weighted by molar-refractivity contribution is 6.11.